The van der Waals surface area contributed by atoms with E-state index in [-0.39, 0.29) is 17.9 Å². The highest BCUT2D eigenvalue weighted by Crippen LogP contribution is 2.43. The van der Waals surface area contributed by atoms with E-state index in [1.165, 1.54) is 22.6 Å². The molecule has 2 aromatic carbocycles. The van der Waals surface area contributed by atoms with Gasteiger partial charge in [-0.15, -0.1) is 5.10 Å². The van der Waals surface area contributed by atoms with Crippen molar-refractivity contribution in [3.8, 4) is 11.3 Å². The highest BCUT2D eigenvalue weighted by molar-refractivity contribution is 9.10. The van der Waals surface area contributed by atoms with Gasteiger partial charge in [-0.05, 0) is 34.1 Å². The Balaban J connectivity index is 1.34. The van der Waals surface area contributed by atoms with E-state index in [2.05, 4.69) is 31.2 Å². The summed E-state index contributed by atoms with van der Waals surface area (Å²) in [5, 5.41) is 19.8. The average molecular weight is 621 g/mol. The summed E-state index contributed by atoms with van der Waals surface area (Å²) >= 11 is 4.66. The van der Waals surface area contributed by atoms with E-state index in [1.54, 1.807) is 12.4 Å². The first-order chi connectivity index (χ1) is 18.9. The van der Waals surface area contributed by atoms with Crippen molar-refractivity contribution in [1.82, 2.24) is 20.0 Å². The van der Waals surface area contributed by atoms with E-state index in [1.807, 2.05) is 36.4 Å². The Morgan fingerprint density at radius 3 is 2.54 bits per heavy atom. The number of rotatable bonds is 5. The van der Waals surface area contributed by atoms with Crippen LogP contribution >= 0.6 is 27.7 Å². The third kappa shape index (κ3) is 5.34. The van der Waals surface area contributed by atoms with E-state index < -0.39 is 53.5 Å². The third-order valence-corrected chi connectivity index (χ3v) is 7.98. The molecule has 0 aliphatic carbocycles. The van der Waals surface area contributed by atoms with Gasteiger partial charge in [0.05, 0.1) is 12.8 Å². The molecule has 8 nitrogen and oxygen atoms in total. The van der Waals surface area contributed by atoms with Crippen molar-refractivity contribution in [2.24, 2.45) is 0 Å². The van der Waals surface area contributed by atoms with Gasteiger partial charge in [0.15, 0.2) is 23.7 Å². The largest absolute Gasteiger partial charge is 0.387 e. The predicted octanol–water partition coefficient (Wildman–Crippen LogP) is 5.05. The summed E-state index contributed by atoms with van der Waals surface area (Å²) in [6.07, 6.45) is 1.56. The molecule has 2 aliphatic heterocycles. The Bertz CT molecular complexity index is 1460. The van der Waals surface area contributed by atoms with Gasteiger partial charge in [0.2, 0.25) is 0 Å². The quantitative estimate of drug-likeness (QED) is 0.310. The smallest absolute Gasteiger partial charge is 0.194 e. The first-order valence-electron chi connectivity index (χ1n) is 11.9. The maximum Gasteiger partial charge on any atom is 0.194 e. The summed E-state index contributed by atoms with van der Waals surface area (Å²) < 4.78 is 61.9. The van der Waals surface area contributed by atoms with Crippen molar-refractivity contribution < 1.29 is 32.5 Å². The van der Waals surface area contributed by atoms with Crippen LogP contribution in [0.25, 0.3) is 11.3 Å². The van der Waals surface area contributed by atoms with Crippen LogP contribution in [0.3, 0.4) is 0 Å². The number of hydrogen-bond acceptors (Lipinski definition) is 8. The van der Waals surface area contributed by atoms with Crippen molar-refractivity contribution in [3.63, 3.8) is 0 Å². The molecule has 0 saturated carbocycles. The molecule has 39 heavy (non-hydrogen) atoms. The second kappa shape index (κ2) is 11.0. The van der Waals surface area contributed by atoms with Gasteiger partial charge in [0.1, 0.15) is 35.5 Å². The van der Waals surface area contributed by atoms with Crippen LogP contribution in [0.1, 0.15) is 17.9 Å². The molecule has 4 aromatic rings. The number of aliphatic hydroxyl groups is 1. The molecule has 6 atom stereocenters. The minimum absolute atomic E-state index is 0.00283. The first-order valence-corrected chi connectivity index (χ1v) is 13.5. The normalized spacial score (nSPS) is 26.8. The Morgan fingerprint density at radius 2 is 1.79 bits per heavy atom. The highest BCUT2D eigenvalue weighted by Gasteiger charge is 2.51. The summed E-state index contributed by atoms with van der Waals surface area (Å²) in [6, 6.07) is 12.0. The van der Waals surface area contributed by atoms with Crippen molar-refractivity contribution in [2.45, 2.75) is 41.0 Å². The number of pyridine rings is 1. The summed E-state index contributed by atoms with van der Waals surface area (Å²) in [5.41, 5.74) is 0.116. The number of fused-ring (bicyclic) bond motifs is 1. The van der Waals surface area contributed by atoms with E-state index in [4.69, 9.17) is 14.2 Å². The van der Waals surface area contributed by atoms with E-state index in [9.17, 15) is 18.3 Å². The summed E-state index contributed by atoms with van der Waals surface area (Å²) in [7, 11) is 0. The summed E-state index contributed by atoms with van der Waals surface area (Å²) in [4.78, 5) is 4.92. The van der Waals surface area contributed by atoms with Gasteiger partial charge in [-0.25, -0.2) is 17.9 Å². The van der Waals surface area contributed by atoms with Crippen molar-refractivity contribution in [2.75, 3.05) is 6.61 Å². The molecule has 2 fully saturated rings. The average Bonchev–Trinajstić information content (AvgIpc) is 3.42. The van der Waals surface area contributed by atoms with Gasteiger partial charge >= 0.3 is 0 Å². The maximum absolute atomic E-state index is 13.9. The van der Waals surface area contributed by atoms with Crippen LogP contribution in [-0.4, -0.2) is 55.4 Å². The Hall–Kier alpha value is -2.81. The van der Waals surface area contributed by atoms with E-state index in [0.29, 0.717) is 0 Å². The zero-order valence-electron chi connectivity index (χ0n) is 19.9. The van der Waals surface area contributed by atoms with Gasteiger partial charge in [0, 0.05) is 32.9 Å². The second-order valence-electron chi connectivity index (χ2n) is 9.00. The first kappa shape index (κ1) is 26.4. The lowest BCUT2D eigenvalue weighted by atomic mass is 9.96. The zero-order chi connectivity index (χ0) is 27.1. The second-order valence-corrected chi connectivity index (χ2v) is 11.1. The predicted molar refractivity (Wildman–Crippen MR) is 137 cm³/mol. The lowest BCUT2D eigenvalue weighted by Crippen LogP contribution is -2.58. The Labute approximate surface area is 233 Å². The maximum atomic E-state index is 13.9. The standard InChI is InChI=1S/C26H20BrF3N4O4S/c27-15-8-16(10-31-9-15)39-26-23(35)22(24-20(37-26)12-36-25(38-24)13-4-2-1-3-5-13)34-11-19(32-33-34)14-6-17(28)21(30)18(29)7-14/h1-11,20,22-26,35H,12H2/t20?,22-,23?,24+,25?,26-/m1/s1. The van der Waals surface area contributed by atoms with Crippen molar-refractivity contribution in [3.05, 3.63) is 94.6 Å². The van der Waals surface area contributed by atoms with Crippen LogP contribution in [-0.2, 0) is 14.2 Å². The number of aliphatic hydroxyl groups excluding tert-OH is 1. The molecular formula is C26H20BrF3N4O4S. The molecule has 2 aliphatic rings. The molecule has 3 unspecified atom stereocenters. The monoisotopic (exact) mass is 620 g/mol. The van der Waals surface area contributed by atoms with Gasteiger partial charge in [-0.3, -0.25) is 4.98 Å². The molecule has 2 aromatic heterocycles. The Kier molecular flexibility index (Phi) is 7.44. The van der Waals surface area contributed by atoms with Gasteiger partial charge in [-0.2, -0.15) is 0 Å². The molecule has 0 spiro atoms. The van der Waals surface area contributed by atoms with Crippen molar-refractivity contribution >= 4 is 27.7 Å². The minimum Gasteiger partial charge on any atom is -0.387 e. The molecule has 6 rings (SSSR count). The minimum atomic E-state index is -1.57. The van der Waals surface area contributed by atoms with Crippen LogP contribution in [0.15, 0.2) is 76.5 Å². The zero-order valence-corrected chi connectivity index (χ0v) is 22.3. The fourth-order valence-electron chi connectivity index (χ4n) is 4.61. The number of thioether (sulfide) groups is 1. The molecule has 0 radical (unpaired) electrons. The fraction of sp³-hybridized carbons (Fsp3) is 0.269. The lowest BCUT2D eigenvalue weighted by Gasteiger charge is -2.47. The molecule has 0 amide bonds. The van der Waals surface area contributed by atoms with Crippen LogP contribution in [0.2, 0.25) is 0 Å². The van der Waals surface area contributed by atoms with E-state index in [0.717, 1.165) is 27.1 Å². The summed E-state index contributed by atoms with van der Waals surface area (Å²) in [6.45, 7) is 0.178. The lowest BCUT2D eigenvalue weighted by molar-refractivity contribution is -0.306. The number of aromatic nitrogens is 4. The molecule has 13 heteroatoms. The molecular weight excluding hydrogens is 601 g/mol. The van der Waals surface area contributed by atoms with Gasteiger partial charge < -0.3 is 19.3 Å². The SMILES string of the molecule is OC1[C@@H](Sc2cncc(Br)c2)OC2COC(c3ccccc3)O[C@@H]2[C@@H]1n1cc(-c2cc(F)c(F)c(F)c2)nn1. The molecule has 202 valence electrons. The molecule has 4 heterocycles. The highest BCUT2D eigenvalue weighted by atomic mass is 79.9. The van der Waals surface area contributed by atoms with Crippen LogP contribution in [0, 0.1) is 17.5 Å². The van der Waals surface area contributed by atoms with Gasteiger partial charge in [0.25, 0.3) is 0 Å². The molecule has 1 N–H and O–H groups in total. The molecule has 0 bridgehead atoms. The fourth-order valence-corrected chi connectivity index (χ4v) is 6.21. The van der Waals surface area contributed by atoms with Gasteiger partial charge in [-0.1, -0.05) is 47.3 Å². The number of halogens is 4. The summed E-state index contributed by atoms with van der Waals surface area (Å²) in [5.74, 6) is -4.26. The molecule has 2 saturated heterocycles. The number of hydrogen-bond donors (Lipinski definition) is 1. The topological polar surface area (TPSA) is 91.5 Å². The number of nitrogens with zero attached hydrogens (tertiary/aromatic N) is 4. The van der Waals surface area contributed by atoms with E-state index >= 15 is 0 Å². The van der Waals surface area contributed by atoms with Crippen LogP contribution < -0.4 is 0 Å². The van der Waals surface area contributed by atoms with Crippen LogP contribution in [0.4, 0.5) is 13.2 Å². The van der Waals surface area contributed by atoms with Crippen molar-refractivity contribution in [1.29, 1.82) is 0 Å². The Morgan fingerprint density at radius 1 is 1.03 bits per heavy atom. The number of benzene rings is 2. The number of ether oxygens (including phenoxy) is 3. The third-order valence-electron chi connectivity index (χ3n) is 6.43. The van der Waals surface area contributed by atoms with Crippen LogP contribution in [0.5, 0.6) is 0 Å².